The molecule has 0 radical (unpaired) electrons. The quantitative estimate of drug-likeness (QED) is 0.381. The van der Waals surface area contributed by atoms with Crippen molar-refractivity contribution in [2.45, 2.75) is 45.1 Å². The van der Waals surface area contributed by atoms with Gasteiger partial charge in [-0.1, -0.05) is 6.07 Å². The van der Waals surface area contributed by atoms with Gasteiger partial charge < -0.3 is 14.7 Å². The number of carbonyl (C=O) groups excluding carboxylic acids is 1. The van der Waals surface area contributed by atoms with E-state index in [2.05, 4.69) is 14.8 Å². The van der Waals surface area contributed by atoms with Crippen molar-refractivity contribution >= 4 is 51.2 Å². The van der Waals surface area contributed by atoms with Crippen LogP contribution in [0.15, 0.2) is 30.3 Å². The van der Waals surface area contributed by atoms with E-state index >= 15 is 4.39 Å². The van der Waals surface area contributed by atoms with E-state index in [0.29, 0.717) is 28.3 Å². The van der Waals surface area contributed by atoms with E-state index in [1.807, 2.05) is 0 Å². The number of hydrogen-bond donors (Lipinski definition) is 1. The first-order valence-corrected chi connectivity index (χ1v) is 12.0. The molecule has 2 aliphatic rings. The molecular weight excluding hydrogens is 481 g/mol. The van der Waals surface area contributed by atoms with Crippen molar-refractivity contribution in [2.75, 3.05) is 23.0 Å². The fourth-order valence-electron chi connectivity index (χ4n) is 4.43. The van der Waals surface area contributed by atoms with Gasteiger partial charge in [0.05, 0.1) is 18.6 Å². The zero-order chi connectivity index (χ0) is 25.8. The highest BCUT2D eigenvalue weighted by molar-refractivity contribution is 7.81. The Labute approximate surface area is 213 Å². The molecule has 0 bridgehead atoms. The number of amides is 1. The van der Waals surface area contributed by atoms with Crippen LogP contribution in [-0.4, -0.2) is 44.8 Å². The molecule has 2 heterocycles. The predicted molar refractivity (Wildman–Crippen MR) is 138 cm³/mol. The number of rotatable bonds is 6. The van der Waals surface area contributed by atoms with Crippen LogP contribution >= 0.6 is 12.2 Å². The summed E-state index contributed by atoms with van der Waals surface area (Å²) in [6.07, 6.45) is 1.88. The van der Waals surface area contributed by atoms with E-state index in [1.165, 1.54) is 11.0 Å². The molecule has 1 saturated heterocycles. The molecule has 0 unspecified atom stereocenters. The van der Waals surface area contributed by atoms with Crippen LogP contribution in [0.2, 0.25) is 0 Å². The molecule has 5 rings (SSSR count). The number of hydrogen-bond acceptors (Lipinski definition) is 6. The molecule has 1 aliphatic carbocycles. The maximum Gasteiger partial charge on any atom is 0.259 e. The minimum atomic E-state index is -1.12. The van der Waals surface area contributed by atoms with Gasteiger partial charge in [-0.05, 0) is 75.7 Å². The predicted octanol–water partition coefficient (Wildman–Crippen LogP) is 4.79. The van der Waals surface area contributed by atoms with Crippen molar-refractivity contribution in [3.05, 3.63) is 59.0 Å². The molecule has 1 amide bonds. The van der Waals surface area contributed by atoms with Crippen molar-refractivity contribution in [2.24, 2.45) is 0 Å². The average molecular weight is 506 g/mol. The number of ether oxygens (including phenoxy) is 1. The minimum absolute atomic E-state index is 0.00189. The summed E-state index contributed by atoms with van der Waals surface area (Å²) in [5, 5.41) is 9.79. The van der Waals surface area contributed by atoms with E-state index < -0.39 is 11.4 Å². The van der Waals surface area contributed by atoms with Gasteiger partial charge in [-0.3, -0.25) is 9.69 Å². The molecule has 1 aromatic heterocycles. The van der Waals surface area contributed by atoms with Gasteiger partial charge in [-0.25, -0.2) is 14.2 Å². The van der Waals surface area contributed by atoms with Crippen LogP contribution in [0.1, 0.15) is 44.0 Å². The minimum Gasteiger partial charge on any atom is -0.475 e. The normalized spacial score (nSPS) is 17.1. The second-order valence-electron chi connectivity index (χ2n) is 9.46. The zero-order valence-corrected chi connectivity index (χ0v) is 20.9. The Hall–Kier alpha value is -3.68. The highest BCUT2D eigenvalue weighted by Gasteiger charge is 2.50. The van der Waals surface area contributed by atoms with E-state index in [-0.39, 0.29) is 41.5 Å². The molecule has 36 heavy (non-hydrogen) atoms. The van der Waals surface area contributed by atoms with E-state index in [9.17, 15) is 9.90 Å². The molecule has 8 nitrogen and oxygen atoms in total. The third-order valence-corrected chi connectivity index (χ3v) is 6.84. The number of thiocarbonyl (C=S) groups is 1. The van der Waals surface area contributed by atoms with E-state index in [1.54, 1.807) is 49.9 Å². The van der Waals surface area contributed by atoms with Gasteiger partial charge in [0.1, 0.15) is 23.5 Å². The lowest BCUT2D eigenvalue weighted by molar-refractivity contribution is -0.120. The Morgan fingerprint density at radius 3 is 2.64 bits per heavy atom. The zero-order valence-electron chi connectivity index (χ0n) is 20.1. The Morgan fingerprint density at radius 1 is 1.25 bits per heavy atom. The molecule has 2 aromatic carbocycles. The Balaban J connectivity index is 1.62. The Kier molecular flexibility index (Phi) is 5.85. The van der Waals surface area contributed by atoms with Crippen molar-refractivity contribution in [1.82, 2.24) is 9.97 Å². The lowest BCUT2D eigenvalue weighted by Gasteiger charge is -2.29. The smallest absolute Gasteiger partial charge is 0.259 e. The van der Waals surface area contributed by atoms with E-state index in [0.717, 1.165) is 18.4 Å². The van der Waals surface area contributed by atoms with Gasteiger partial charge in [-0.15, -0.1) is 0 Å². The van der Waals surface area contributed by atoms with Crippen LogP contribution in [-0.2, 0) is 4.79 Å². The Bertz CT molecular complexity index is 1460. The summed E-state index contributed by atoms with van der Waals surface area (Å²) < 4.78 is 21.2. The fraction of sp³-hybridized carbons (Fsp3) is 0.346. The van der Waals surface area contributed by atoms with Crippen LogP contribution < -0.4 is 14.5 Å². The van der Waals surface area contributed by atoms with Gasteiger partial charge in [0, 0.05) is 17.3 Å². The van der Waals surface area contributed by atoms with E-state index in [4.69, 9.17) is 23.5 Å². The number of aromatic nitrogens is 2. The molecule has 0 atom stereocenters. The van der Waals surface area contributed by atoms with Crippen LogP contribution in [0.3, 0.4) is 0 Å². The van der Waals surface area contributed by atoms with Crippen LogP contribution in [0, 0.1) is 19.3 Å². The van der Waals surface area contributed by atoms with Gasteiger partial charge in [0.2, 0.25) is 5.88 Å². The van der Waals surface area contributed by atoms with Crippen LogP contribution in [0.4, 0.5) is 21.5 Å². The van der Waals surface area contributed by atoms with Gasteiger partial charge in [0.15, 0.2) is 16.6 Å². The molecular formula is C26H24FN5O3S. The number of benzene rings is 2. The molecule has 1 saturated carbocycles. The standard InChI is InChI=1S/C26H24FN5O3S/c1-14-11-16(7-8-20(14)28-4)31-24(34)26(2,3)32(25(31)36)17-12-18-21(19(27)13-17)29-22(15-5-6-15)30-23(18)35-10-9-33/h7-8,11-13,15,33H,5-6,9-10H2,1-3H3. The summed E-state index contributed by atoms with van der Waals surface area (Å²) in [7, 11) is 0. The average Bonchev–Trinajstić information content (AvgIpc) is 3.66. The number of aliphatic hydroxyl groups excluding tert-OH is 1. The topological polar surface area (TPSA) is 83.2 Å². The second-order valence-corrected chi connectivity index (χ2v) is 9.82. The largest absolute Gasteiger partial charge is 0.475 e. The molecule has 184 valence electrons. The van der Waals surface area contributed by atoms with Gasteiger partial charge >= 0.3 is 0 Å². The first-order chi connectivity index (χ1) is 17.2. The van der Waals surface area contributed by atoms with Crippen molar-refractivity contribution < 1.29 is 19.0 Å². The first kappa shape index (κ1) is 24.0. The number of aliphatic hydroxyl groups is 1. The monoisotopic (exact) mass is 505 g/mol. The number of fused-ring (bicyclic) bond motifs is 1. The molecule has 1 N–H and O–H groups in total. The molecule has 10 heteroatoms. The summed E-state index contributed by atoms with van der Waals surface area (Å²) in [5.41, 5.74) is 1.11. The lowest BCUT2D eigenvalue weighted by Crippen LogP contribution is -2.44. The highest BCUT2D eigenvalue weighted by Crippen LogP contribution is 2.42. The third-order valence-electron chi connectivity index (χ3n) is 6.48. The number of carbonyl (C=O) groups is 1. The van der Waals surface area contributed by atoms with Gasteiger partial charge in [-0.2, -0.15) is 4.98 Å². The Morgan fingerprint density at radius 2 is 2.00 bits per heavy atom. The maximum atomic E-state index is 15.5. The number of halogens is 1. The number of nitrogens with zero attached hydrogens (tertiary/aromatic N) is 5. The van der Waals surface area contributed by atoms with Crippen LogP contribution in [0.5, 0.6) is 5.88 Å². The van der Waals surface area contributed by atoms with Gasteiger partial charge in [0.25, 0.3) is 5.91 Å². The number of anilines is 2. The van der Waals surface area contributed by atoms with Crippen molar-refractivity contribution in [1.29, 1.82) is 0 Å². The fourth-order valence-corrected chi connectivity index (χ4v) is 4.95. The second kappa shape index (κ2) is 8.76. The lowest BCUT2D eigenvalue weighted by atomic mass is 10.0. The summed E-state index contributed by atoms with van der Waals surface area (Å²) >= 11 is 5.74. The SMILES string of the molecule is [C-]#[N+]c1ccc(N2C(=O)C(C)(C)N(c3cc(F)c4nc(C5CC5)nc(OCCO)c4c3)C2=S)cc1C. The molecule has 0 spiro atoms. The summed E-state index contributed by atoms with van der Waals surface area (Å²) in [5.74, 6) is 0.0354. The molecule has 1 aliphatic heterocycles. The molecule has 2 fully saturated rings. The summed E-state index contributed by atoms with van der Waals surface area (Å²) in [6.45, 7) is 12.3. The number of aryl methyl sites for hydroxylation is 1. The molecule has 3 aromatic rings. The van der Waals surface area contributed by atoms with Crippen molar-refractivity contribution in [3.8, 4) is 5.88 Å². The summed E-state index contributed by atoms with van der Waals surface area (Å²) in [6, 6.07) is 8.06. The first-order valence-electron chi connectivity index (χ1n) is 11.6. The van der Waals surface area contributed by atoms with Crippen LogP contribution in [0.25, 0.3) is 15.7 Å². The highest BCUT2D eigenvalue weighted by atomic mass is 32.1. The summed E-state index contributed by atoms with van der Waals surface area (Å²) in [4.78, 5) is 29.0. The third kappa shape index (κ3) is 3.85. The van der Waals surface area contributed by atoms with Crippen molar-refractivity contribution in [3.63, 3.8) is 0 Å². The maximum absolute atomic E-state index is 15.5.